The van der Waals surface area contributed by atoms with Crippen molar-refractivity contribution < 1.29 is 28.6 Å². The molecule has 40 heavy (non-hydrogen) atoms. The second kappa shape index (κ2) is 14.7. The Balaban J connectivity index is 1.53. The van der Waals surface area contributed by atoms with Gasteiger partial charge in [-0.15, -0.1) is 0 Å². The van der Waals surface area contributed by atoms with Crippen LogP contribution in [-0.4, -0.2) is 44.3 Å². The van der Waals surface area contributed by atoms with Crippen LogP contribution in [0.5, 0.6) is 17.2 Å². The van der Waals surface area contributed by atoms with Crippen molar-refractivity contribution in [2.45, 2.75) is 27.3 Å². The molecule has 0 saturated heterocycles. The molecule has 3 aromatic rings. The molecule has 3 aromatic carbocycles. The number of hydrazone groups is 1. The molecule has 3 rings (SSSR count). The van der Waals surface area contributed by atoms with E-state index in [2.05, 4.69) is 37.1 Å². The van der Waals surface area contributed by atoms with Gasteiger partial charge in [0.15, 0.2) is 18.1 Å². The van der Waals surface area contributed by atoms with Gasteiger partial charge in [0.1, 0.15) is 5.75 Å². The van der Waals surface area contributed by atoms with Gasteiger partial charge in [-0.05, 0) is 85.5 Å². The molecular formula is C29H31BrN4O6. The zero-order chi connectivity index (χ0) is 29.1. The van der Waals surface area contributed by atoms with E-state index >= 15 is 0 Å². The molecule has 0 fully saturated rings. The average Bonchev–Trinajstić information content (AvgIpc) is 2.93. The average molecular weight is 611 g/mol. The Bertz CT molecular complexity index is 1370. The van der Waals surface area contributed by atoms with E-state index in [1.807, 2.05) is 32.9 Å². The Labute approximate surface area is 241 Å². The van der Waals surface area contributed by atoms with Crippen molar-refractivity contribution in [2.24, 2.45) is 5.10 Å². The minimum Gasteiger partial charge on any atom is -0.497 e. The number of ether oxygens (including phenoxy) is 3. The highest BCUT2D eigenvalue weighted by atomic mass is 79.9. The van der Waals surface area contributed by atoms with Gasteiger partial charge in [-0.25, -0.2) is 5.43 Å². The van der Waals surface area contributed by atoms with Crippen molar-refractivity contribution in [3.05, 3.63) is 81.3 Å². The van der Waals surface area contributed by atoms with E-state index in [1.54, 1.807) is 49.6 Å². The Morgan fingerprint density at radius 3 is 2.27 bits per heavy atom. The highest BCUT2D eigenvalue weighted by Gasteiger charge is 2.14. The second-order valence-electron chi connectivity index (χ2n) is 8.62. The van der Waals surface area contributed by atoms with Crippen molar-refractivity contribution in [1.82, 2.24) is 10.7 Å². The summed E-state index contributed by atoms with van der Waals surface area (Å²) in [5, 5.41) is 9.26. The first-order chi connectivity index (χ1) is 19.2. The number of amides is 3. The summed E-state index contributed by atoms with van der Waals surface area (Å²) in [6.45, 7) is 5.98. The van der Waals surface area contributed by atoms with Gasteiger partial charge in [0.05, 0.1) is 19.9 Å². The smallest absolute Gasteiger partial charge is 0.329 e. The lowest BCUT2D eigenvalue weighted by Crippen LogP contribution is -2.37. The zero-order valence-corrected chi connectivity index (χ0v) is 24.3. The Hall–Kier alpha value is -4.38. The first-order valence-corrected chi connectivity index (χ1v) is 13.2. The van der Waals surface area contributed by atoms with E-state index in [9.17, 15) is 14.4 Å². The maximum absolute atomic E-state index is 12.5. The summed E-state index contributed by atoms with van der Waals surface area (Å²) in [5.41, 5.74) is 6.20. The molecule has 0 radical (unpaired) electrons. The van der Waals surface area contributed by atoms with Crippen molar-refractivity contribution in [2.75, 3.05) is 25.6 Å². The Kier molecular flexibility index (Phi) is 11.1. The molecule has 0 unspecified atom stereocenters. The van der Waals surface area contributed by atoms with Gasteiger partial charge in [-0.1, -0.05) is 28.1 Å². The summed E-state index contributed by atoms with van der Waals surface area (Å²) in [4.78, 5) is 36.7. The molecule has 0 atom stereocenters. The van der Waals surface area contributed by atoms with Crippen LogP contribution in [-0.2, 0) is 20.9 Å². The lowest BCUT2D eigenvalue weighted by molar-refractivity contribution is -0.139. The number of anilines is 1. The number of nitrogens with one attached hydrogen (secondary N) is 3. The number of methoxy groups -OCH3 is 1. The Morgan fingerprint density at radius 2 is 1.62 bits per heavy atom. The summed E-state index contributed by atoms with van der Waals surface area (Å²) in [5.74, 6) is -0.564. The van der Waals surface area contributed by atoms with Gasteiger partial charge < -0.3 is 24.8 Å². The summed E-state index contributed by atoms with van der Waals surface area (Å²) in [7, 11) is 1.57. The maximum Gasteiger partial charge on any atom is 0.329 e. The van der Waals surface area contributed by atoms with Gasteiger partial charge in [-0.3, -0.25) is 14.4 Å². The number of carbonyl (C=O) groups excluding carboxylic acids is 3. The lowest BCUT2D eigenvalue weighted by atomic mass is 10.1. The molecule has 0 aliphatic rings. The minimum absolute atomic E-state index is 0.180. The normalized spacial score (nSPS) is 10.6. The SMILES string of the molecule is CCOc1cc(/C=N\NC(=O)C(=O)NCc2ccc(OC)cc2)ccc1OCC(=O)Nc1c(C)cc(Br)cc1C. The molecule has 3 amide bonds. The summed E-state index contributed by atoms with van der Waals surface area (Å²) in [6, 6.07) is 15.9. The molecule has 0 aliphatic carbocycles. The fourth-order valence-corrected chi connectivity index (χ4v) is 4.33. The standard InChI is InChI=1S/C29H31BrN4O6/c1-5-39-25-14-21(16-32-34-29(37)28(36)31-15-20-6-9-23(38-4)10-7-20)8-11-24(25)40-17-26(35)33-27-18(2)12-22(30)13-19(27)3/h6-14,16H,5,15,17H2,1-4H3,(H,31,36)(H,33,35)(H,34,37)/b32-16-. The van der Waals surface area contributed by atoms with Crippen molar-refractivity contribution in [1.29, 1.82) is 0 Å². The van der Waals surface area contributed by atoms with Gasteiger partial charge in [0, 0.05) is 16.7 Å². The van der Waals surface area contributed by atoms with Crippen LogP contribution in [0.1, 0.15) is 29.2 Å². The van der Waals surface area contributed by atoms with Crippen molar-refractivity contribution >= 4 is 45.6 Å². The van der Waals surface area contributed by atoms with Crippen molar-refractivity contribution in [3.63, 3.8) is 0 Å². The number of hydrogen-bond acceptors (Lipinski definition) is 7. The van der Waals surface area contributed by atoms with Crippen LogP contribution in [0.15, 0.2) is 64.2 Å². The van der Waals surface area contributed by atoms with E-state index in [0.29, 0.717) is 29.4 Å². The van der Waals surface area contributed by atoms with E-state index < -0.39 is 11.8 Å². The quantitative estimate of drug-likeness (QED) is 0.169. The highest BCUT2D eigenvalue weighted by molar-refractivity contribution is 9.10. The summed E-state index contributed by atoms with van der Waals surface area (Å²) < 4.78 is 17.4. The van der Waals surface area contributed by atoms with Crippen LogP contribution < -0.4 is 30.3 Å². The van der Waals surface area contributed by atoms with E-state index in [1.165, 1.54) is 6.21 Å². The van der Waals surface area contributed by atoms with Gasteiger partial charge in [-0.2, -0.15) is 5.10 Å². The monoisotopic (exact) mass is 610 g/mol. The van der Waals surface area contributed by atoms with Gasteiger partial charge in [0.2, 0.25) is 0 Å². The number of nitrogens with zero attached hydrogens (tertiary/aromatic N) is 1. The minimum atomic E-state index is -0.906. The largest absolute Gasteiger partial charge is 0.497 e. The molecule has 0 aliphatic heterocycles. The molecule has 3 N–H and O–H groups in total. The van der Waals surface area contributed by atoms with Crippen LogP contribution in [0.2, 0.25) is 0 Å². The first-order valence-electron chi connectivity index (χ1n) is 12.4. The zero-order valence-electron chi connectivity index (χ0n) is 22.7. The van der Waals surface area contributed by atoms with Gasteiger partial charge >= 0.3 is 11.8 Å². The number of benzene rings is 3. The maximum atomic E-state index is 12.5. The molecule has 0 spiro atoms. The topological polar surface area (TPSA) is 127 Å². The van der Waals surface area contributed by atoms with Crippen LogP contribution in [0.25, 0.3) is 0 Å². The highest BCUT2D eigenvalue weighted by Crippen LogP contribution is 2.29. The second-order valence-corrected chi connectivity index (χ2v) is 9.54. The lowest BCUT2D eigenvalue weighted by Gasteiger charge is -2.14. The van der Waals surface area contributed by atoms with Crippen LogP contribution in [0.3, 0.4) is 0 Å². The predicted octanol–water partition coefficient (Wildman–Crippen LogP) is 4.26. The van der Waals surface area contributed by atoms with E-state index in [4.69, 9.17) is 14.2 Å². The van der Waals surface area contributed by atoms with Crippen molar-refractivity contribution in [3.8, 4) is 17.2 Å². The van der Waals surface area contributed by atoms with Crippen LogP contribution in [0, 0.1) is 13.8 Å². The number of hydrogen-bond donors (Lipinski definition) is 3. The number of halogens is 1. The fraction of sp³-hybridized carbons (Fsp3) is 0.241. The number of carbonyl (C=O) groups is 3. The van der Waals surface area contributed by atoms with E-state index in [-0.39, 0.29) is 19.1 Å². The number of aryl methyl sites for hydroxylation is 2. The predicted molar refractivity (Wildman–Crippen MR) is 156 cm³/mol. The van der Waals surface area contributed by atoms with Crippen LogP contribution >= 0.6 is 15.9 Å². The van der Waals surface area contributed by atoms with Crippen LogP contribution in [0.4, 0.5) is 5.69 Å². The molecule has 10 nitrogen and oxygen atoms in total. The molecule has 0 heterocycles. The third kappa shape index (κ3) is 8.84. The first kappa shape index (κ1) is 30.2. The summed E-state index contributed by atoms with van der Waals surface area (Å²) in [6.07, 6.45) is 1.37. The van der Waals surface area contributed by atoms with E-state index in [0.717, 1.165) is 26.9 Å². The molecule has 0 saturated carbocycles. The Morgan fingerprint density at radius 1 is 0.925 bits per heavy atom. The van der Waals surface area contributed by atoms with Gasteiger partial charge in [0.25, 0.3) is 5.91 Å². The molecule has 0 bridgehead atoms. The molecular weight excluding hydrogens is 580 g/mol. The summed E-state index contributed by atoms with van der Waals surface area (Å²) >= 11 is 3.45. The third-order valence-corrected chi connectivity index (χ3v) is 6.04. The third-order valence-electron chi connectivity index (χ3n) is 5.59. The molecule has 11 heteroatoms. The fourth-order valence-electron chi connectivity index (χ4n) is 3.64. The number of rotatable bonds is 11. The molecule has 0 aromatic heterocycles. The molecule has 210 valence electrons.